The second kappa shape index (κ2) is 10.1. The van der Waals surface area contributed by atoms with Crippen molar-refractivity contribution < 1.29 is 9.59 Å². The molecule has 0 fully saturated rings. The van der Waals surface area contributed by atoms with Crippen molar-refractivity contribution in [2.75, 3.05) is 25.2 Å². The molecule has 0 radical (unpaired) electrons. The first-order valence-corrected chi connectivity index (χ1v) is 11.6. The standard InChI is InChI=1S/C25H23N5O2S/c1-29(17-22(31)26-20-15-9-10-16-21(20)33-2)25(32)23-27-24(18-11-5-3-6-12-18)30(28-23)19-13-7-4-8-14-19/h3-16H,17H2,1-2H3,(H,26,31). The number of nitrogens with zero attached hydrogens (tertiary/aromatic N) is 4. The predicted molar refractivity (Wildman–Crippen MR) is 131 cm³/mol. The highest BCUT2D eigenvalue weighted by atomic mass is 32.2. The fraction of sp³-hybridized carbons (Fsp3) is 0.120. The van der Waals surface area contributed by atoms with E-state index in [1.165, 1.54) is 4.90 Å². The molecule has 0 saturated carbocycles. The monoisotopic (exact) mass is 457 g/mol. The van der Waals surface area contributed by atoms with Crippen LogP contribution in [0.15, 0.2) is 89.8 Å². The van der Waals surface area contributed by atoms with Crippen molar-refractivity contribution in [2.24, 2.45) is 0 Å². The van der Waals surface area contributed by atoms with E-state index >= 15 is 0 Å². The van der Waals surface area contributed by atoms with Crippen LogP contribution in [0.2, 0.25) is 0 Å². The van der Waals surface area contributed by atoms with Crippen molar-refractivity contribution in [3.05, 3.63) is 90.8 Å². The van der Waals surface area contributed by atoms with Gasteiger partial charge in [0, 0.05) is 17.5 Å². The highest BCUT2D eigenvalue weighted by Gasteiger charge is 2.23. The number of rotatable bonds is 7. The SMILES string of the molecule is CSc1ccccc1NC(=O)CN(C)C(=O)c1nc(-c2ccccc2)n(-c2ccccc2)n1. The van der Waals surface area contributed by atoms with Crippen LogP contribution >= 0.6 is 11.8 Å². The molecule has 1 heterocycles. The molecule has 0 aliphatic rings. The van der Waals surface area contributed by atoms with Crippen LogP contribution in [-0.4, -0.2) is 51.3 Å². The molecule has 0 atom stereocenters. The molecule has 7 nitrogen and oxygen atoms in total. The number of para-hydroxylation sites is 2. The van der Waals surface area contributed by atoms with Crippen molar-refractivity contribution in [1.29, 1.82) is 0 Å². The van der Waals surface area contributed by atoms with Crippen LogP contribution in [0.25, 0.3) is 17.1 Å². The lowest BCUT2D eigenvalue weighted by Gasteiger charge is -2.16. The van der Waals surface area contributed by atoms with E-state index in [-0.39, 0.29) is 18.3 Å². The Morgan fingerprint density at radius 3 is 2.27 bits per heavy atom. The molecular weight excluding hydrogens is 434 g/mol. The average Bonchev–Trinajstić information content (AvgIpc) is 3.30. The summed E-state index contributed by atoms with van der Waals surface area (Å²) in [5.74, 6) is -0.150. The number of carbonyl (C=O) groups excluding carboxylic acids is 2. The van der Waals surface area contributed by atoms with Crippen LogP contribution in [-0.2, 0) is 4.79 Å². The van der Waals surface area contributed by atoms with Gasteiger partial charge in [-0.15, -0.1) is 16.9 Å². The zero-order valence-corrected chi connectivity index (χ0v) is 19.1. The van der Waals surface area contributed by atoms with Crippen LogP contribution < -0.4 is 5.32 Å². The molecule has 0 unspecified atom stereocenters. The predicted octanol–water partition coefficient (Wildman–Crippen LogP) is 4.37. The Morgan fingerprint density at radius 2 is 1.58 bits per heavy atom. The molecule has 3 aromatic carbocycles. The van der Waals surface area contributed by atoms with Crippen LogP contribution in [0.5, 0.6) is 0 Å². The number of likely N-dealkylation sites (N-methyl/N-ethyl adjacent to an activating group) is 1. The lowest BCUT2D eigenvalue weighted by Crippen LogP contribution is -2.35. The Labute approximate surface area is 196 Å². The molecule has 1 aromatic heterocycles. The molecule has 166 valence electrons. The zero-order valence-electron chi connectivity index (χ0n) is 18.3. The highest BCUT2D eigenvalue weighted by Crippen LogP contribution is 2.25. The summed E-state index contributed by atoms with van der Waals surface area (Å²) in [5.41, 5.74) is 2.34. The maximum absolute atomic E-state index is 13.1. The fourth-order valence-electron chi connectivity index (χ4n) is 3.32. The van der Waals surface area contributed by atoms with Crippen LogP contribution in [0.3, 0.4) is 0 Å². The second-order valence-corrected chi connectivity index (χ2v) is 8.13. The van der Waals surface area contributed by atoms with E-state index in [0.717, 1.165) is 16.1 Å². The van der Waals surface area contributed by atoms with Crippen molar-refractivity contribution in [2.45, 2.75) is 4.90 Å². The summed E-state index contributed by atoms with van der Waals surface area (Å²) in [7, 11) is 1.56. The lowest BCUT2D eigenvalue weighted by molar-refractivity contribution is -0.116. The van der Waals surface area contributed by atoms with E-state index in [1.54, 1.807) is 23.5 Å². The average molecular weight is 458 g/mol. The first-order valence-electron chi connectivity index (χ1n) is 10.3. The number of amides is 2. The normalized spacial score (nSPS) is 10.6. The number of benzene rings is 3. The molecule has 0 spiro atoms. The molecule has 0 aliphatic carbocycles. The van der Waals surface area contributed by atoms with E-state index in [9.17, 15) is 9.59 Å². The summed E-state index contributed by atoms with van der Waals surface area (Å²) in [6, 6.07) is 26.6. The molecule has 8 heteroatoms. The van der Waals surface area contributed by atoms with E-state index in [1.807, 2.05) is 91.2 Å². The number of hydrogen-bond acceptors (Lipinski definition) is 5. The zero-order chi connectivity index (χ0) is 23.2. The van der Waals surface area contributed by atoms with Crippen LogP contribution in [0, 0.1) is 0 Å². The minimum Gasteiger partial charge on any atom is -0.330 e. The molecule has 2 amide bonds. The number of thioether (sulfide) groups is 1. The number of carbonyl (C=O) groups is 2. The van der Waals surface area contributed by atoms with Crippen molar-refractivity contribution in [3.63, 3.8) is 0 Å². The van der Waals surface area contributed by atoms with Crippen molar-refractivity contribution >= 4 is 29.3 Å². The van der Waals surface area contributed by atoms with Gasteiger partial charge in [-0.2, -0.15) is 0 Å². The fourth-order valence-corrected chi connectivity index (χ4v) is 3.88. The van der Waals surface area contributed by atoms with Gasteiger partial charge in [0.1, 0.15) is 0 Å². The first-order chi connectivity index (χ1) is 16.1. The van der Waals surface area contributed by atoms with E-state index in [2.05, 4.69) is 15.4 Å². The number of nitrogens with one attached hydrogen (secondary N) is 1. The van der Waals surface area contributed by atoms with Gasteiger partial charge in [0.15, 0.2) is 5.82 Å². The molecular formula is C25H23N5O2S. The Kier molecular flexibility index (Phi) is 6.85. The molecule has 4 rings (SSSR count). The molecule has 0 bridgehead atoms. The van der Waals surface area contributed by atoms with E-state index in [4.69, 9.17) is 0 Å². The van der Waals surface area contributed by atoms with Gasteiger partial charge in [-0.1, -0.05) is 60.7 Å². The van der Waals surface area contributed by atoms with Gasteiger partial charge in [-0.3, -0.25) is 9.59 Å². The van der Waals surface area contributed by atoms with Gasteiger partial charge >= 0.3 is 0 Å². The van der Waals surface area contributed by atoms with Gasteiger partial charge in [-0.25, -0.2) is 9.67 Å². The third-order valence-corrected chi connectivity index (χ3v) is 5.74. The summed E-state index contributed by atoms with van der Waals surface area (Å²) in [4.78, 5) is 32.5. The molecule has 4 aromatic rings. The quantitative estimate of drug-likeness (QED) is 0.417. The number of anilines is 1. The Hall–Kier alpha value is -3.91. The van der Waals surface area contributed by atoms with Crippen LogP contribution in [0.4, 0.5) is 5.69 Å². The maximum Gasteiger partial charge on any atom is 0.293 e. The summed E-state index contributed by atoms with van der Waals surface area (Å²) < 4.78 is 1.64. The molecule has 0 aliphatic heterocycles. The largest absolute Gasteiger partial charge is 0.330 e. The lowest BCUT2D eigenvalue weighted by atomic mass is 10.2. The molecule has 0 saturated heterocycles. The third-order valence-electron chi connectivity index (χ3n) is 4.94. The van der Waals surface area contributed by atoms with Gasteiger partial charge < -0.3 is 10.2 Å². The molecule has 1 N–H and O–H groups in total. The Bertz CT molecular complexity index is 1200. The van der Waals surface area contributed by atoms with Crippen LogP contribution in [0.1, 0.15) is 10.6 Å². The summed E-state index contributed by atoms with van der Waals surface area (Å²) in [6.45, 7) is -0.123. The van der Waals surface area contributed by atoms with Gasteiger partial charge in [-0.05, 0) is 30.5 Å². The summed E-state index contributed by atoms with van der Waals surface area (Å²) in [6.07, 6.45) is 1.94. The summed E-state index contributed by atoms with van der Waals surface area (Å²) >= 11 is 1.54. The topological polar surface area (TPSA) is 80.1 Å². The van der Waals surface area contributed by atoms with E-state index < -0.39 is 5.91 Å². The highest BCUT2D eigenvalue weighted by molar-refractivity contribution is 7.98. The number of aromatic nitrogens is 3. The minimum atomic E-state index is -0.435. The third kappa shape index (κ3) is 5.12. The first kappa shape index (κ1) is 22.3. The molecule has 33 heavy (non-hydrogen) atoms. The Balaban J connectivity index is 1.56. The van der Waals surface area contributed by atoms with Gasteiger partial charge in [0.2, 0.25) is 11.7 Å². The maximum atomic E-state index is 13.1. The van der Waals surface area contributed by atoms with E-state index in [0.29, 0.717) is 11.5 Å². The second-order valence-electron chi connectivity index (χ2n) is 7.28. The Morgan fingerprint density at radius 1 is 0.939 bits per heavy atom. The smallest absolute Gasteiger partial charge is 0.293 e. The van der Waals surface area contributed by atoms with Gasteiger partial charge in [0.25, 0.3) is 5.91 Å². The van der Waals surface area contributed by atoms with Crippen molar-refractivity contribution in [3.8, 4) is 17.1 Å². The van der Waals surface area contributed by atoms with Gasteiger partial charge in [0.05, 0.1) is 17.9 Å². The minimum absolute atomic E-state index is 0.0255. The summed E-state index contributed by atoms with van der Waals surface area (Å²) in [5, 5.41) is 7.34. The van der Waals surface area contributed by atoms with Crippen molar-refractivity contribution in [1.82, 2.24) is 19.7 Å². The number of hydrogen-bond donors (Lipinski definition) is 1.